The number of nitrogens with one attached hydrogen (secondary N) is 1. The number of aromatic nitrogens is 1. The molecule has 0 bridgehead atoms. The molecule has 1 saturated heterocycles. The zero-order valence-electron chi connectivity index (χ0n) is 16.2. The Morgan fingerprint density at radius 2 is 1.85 bits per heavy atom. The minimum atomic E-state index is 0.573. The summed E-state index contributed by atoms with van der Waals surface area (Å²) < 4.78 is 0. The number of hydrogen-bond acceptors (Lipinski definition) is 4. The molecule has 140 valence electrons. The van der Waals surface area contributed by atoms with Gasteiger partial charge in [0.1, 0.15) is 0 Å². The van der Waals surface area contributed by atoms with E-state index in [9.17, 15) is 0 Å². The molecular weight excluding hydrogens is 320 g/mol. The van der Waals surface area contributed by atoms with Crippen LogP contribution in [-0.4, -0.2) is 42.1 Å². The van der Waals surface area contributed by atoms with Crippen LogP contribution in [0, 0.1) is 0 Å². The number of pyridine rings is 1. The van der Waals surface area contributed by atoms with E-state index in [1.54, 1.807) is 0 Å². The Balaban J connectivity index is 1.62. The molecular formula is C22H32N4. The van der Waals surface area contributed by atoms with Crippen molar-refractivity contribution in [2.24, 2.45) is 0 Å². The van der Waals surface area contributed by atoms with Crippen LogP contribution in [0.25, 0.3) is 0 Å². The first-order valence-electron chi connectivity index (χ1n) is 10.0. The molecule has 0 amide bonds. The maximum absolute atomic E-state index is 4.71. The van der Waals surface area contributed by atoms with Crippen LogP contribution in [0.3, 0.4) is 0 Å². The highest BCUT2D eigenvalue weighted by Crippen LogP contribution is 2.28. The fourth-order valence-corrected chi connectivity index (χ4v) is 3.84. The van der Waals surface area contributed by atoms with Crippen LogP contribution >= 0.6 is 0 Å². The lowest BCUT2D eigenvalue weighted by molar-refractivity contribution is 0.201. The number of likely N-dealkylation sites (tertiary alicyclic amines) is 1. The van der Waals surface area contributed by atoms with Crippen molar-refractivity contribution < 1.29 is 0 Å². The first kappa shape index (κ1) is 18.7. The largest absolute Gasteiger partial charge is 0.382 e. The van der Waals surface area contributed by atoms with Gasteiger partial charge < -0.3 is 10.2 Å². The van der Waals surface area contributed by atoms with E-state index in [2.05, 4.69) is 65.4 Å². The maximum Gasteiger partial charge on any atom is 0.152 e. The Morgan fingerprint density at radius 3 is 2.54 bits per heavy atom. The van der Waals surface area contributed by atoms with Crippen molar-refractivity contribution in [3.63, 3.8) is 0 Å². The molecule has 0 radical (unpaired) electrons. The van der Waals surface area contributed by atoms with Crippen LogP contribution in [0.1, 0.15) is 38.7 Å². The third-order valence-corrected chi connectivity index (χ3v) is 5.21. The SMILES string of the molecule is CCCNc1cccnc1N(CC)C1CCN(Cc2ccccc2)CC1. The van der Waals surface area contributed by atoms with Crippen molar-refractivity contribution in [3.8, 4) is 0 Å². The van der Waals surface area contributed by atoms with Crippen molar-refractivity contribution in [1.29, 1.82) is 0 Å². The Labute approximate surface area is 158 Å². The molecule has 1 aromatic carbocycles. The lowest BCUT2D eigenvalue weighted by Gasteiger charge is -2.39. The predicted molar refractivity (Wildman–Crippen MR) is 111 cm³/mol. The molecule has 1 fully saturated rings. The summed E-state index contributed by atoms with van der Waals surface area (Å²) in [5, 5.41) is 3.54. The van der Waals surface area contributed by atoms with Gasteiger partial charge >= 0.3 is 0 Å². The first-order valence-corrected chi connectivity index (χ1v) is 10.0. The minimum Gasteiger partial charge on any atom is -0.382 e. The molecule has 1 aliphatic rings. The summed E-state index contributed by atoms with van der Waals surface area (Å²) in [7, 11) is 0. The number of anilines is 2. The zero-order valence-corrected chi connectivity index (χ0v) is 16.2. The highest BCUT2D eigenvalue weighted by molar-refractivity contribution is 5.65. The number of hydrogen-bond donors (Lipinski definition) is 1. The van der Waals surface area contributed by atoms with Crippen molar-refractivity contribution in [3.05, 3.63) is 54.2 Å². The second-order valence-electron chi connectivity index (χ2n) is 7.08. The predicted octanol–water partition coefficient (Wildman–Crippen LogP) is 4.39. The molecule has 0 aliphatic carbocycles. The number of benzene rings is 1. The lowest BCUT2D eigenvalue weighted by Crippen LogP contribution is -2.45. The van der Waals surface area contributed by atoms with Crippen LogP contribution in [0.5, 0.6) is 0 Å². The summed E-state index contributed by atoms with van der Waals surface area (Å²) in [4.78, 5) is 9.79. The van der Waals surface area contributed by atoms with E-state index < -0.39 is 0 Å². The van der Waals surface area contributed by atoms with Gasteiger partial charge in [0, 0.05) is 45.0 Å². The molecule has 1 aliphatic heterocycles. The third kappa shape index (κ3) is 4.76. The van der Waals surface area contributed by atoms with Crippen molar-refractivity contribution in [1.82, 2.24) is 9.88 Å². The van der Waals surface area contributed by atoms with Gasteiger partial charge in [-0.2, -0.15) is 0 Å². The second-order valence-corrected chi connectivity index (χ2v) is 7.08. The van der Waals surface area contributed by atoms with Gasteiger partial charge in [0.05, 0.1) is 5.69 Å². The Bertz CT molecular complexity index is 650. The molecule has 3 rings (SSSR count). The molecule has 4 nitrogen and oxygen atoms in total. The highest BCUT2D eigenvalue weighted by atomic mass is 15.2. The molecule has 0 spiro atoms. The Morgan fingerprint density at radius 1 is 1.08 bits per heavy atom. The molecule has 0 atom stereocenters. The average Bonchev–Trinajstić information content (AvgIpc) is 2.70. The normalized spacial score (nSPS) is 15.8. The van der Waals surface area contributed by atoms with Gasteiger partial charge in [-0.15, -0.1) is 0 Å². The van der Waals surface area contributed by atoms with E-state index >= 15 is 0 Å². The van der Waals surface area contributed by atoms with Crippen LogP contribution in [0.2, 0.25) is 0 Å². The Kier molecular flexibility index (Phi) is 6.89. The molecule has 2 aromatic rings. The van der Waals surface area contributed by atoms with Gasteiger partial charge in [0.2, 0.25) is 0 Å². The van der Waals surface area contributed by atoms with Crippen molar-refractivity contribution in [2.45, 2.75) is 45.7 Å². The Hall–Kier alpha value is -2.07. The van der Waals surface area contributed by atoms with Crippen molar-refractivity contribution >= 4 is 11.5 Å². The minimum absolute atomic E-state index is 0.573. The van der Waals surface area contributed by atoms with Crippen LogP contribution in [0.4, 0.5) is 11.5 Å². The summed E-state index contributed by atoms with van der Waals surface area (Å²) in [6.07, 6.45) is 5.44. The second kappa shape index (κ2) is 9.58. The quantitative estimate of drug-likeness (QED) is 0.763. The zero-order chi connectivity index (χ0) is 18.2. The van der Waals surface area contributed by atoms with Gasteiger partial charge in [-0.05, 0) is 43.9 Å². The first-order chi connectivity index (χ1) is 12.8. The number of nitrogens with zero attached hydrogens (tertiary/aromatic N) is 3. The monoisotopic (exact) mass is 352 g/mol. The summed E-state index contributed by atoms with van der Waals surface area (Å²) in [5.74, 6) is 1.12. The van der Waals surface area contributed by atoms with E-state index in [0.29, 0.717) is 6.04 Å². The van der Waals surface area contributed by atoms with E-state index in [0.717, 1.165) is 45.0 Å². The number of rotatable bonds is 8. The van der Waals surface area contributed by atoms with Gasteiger partial charge in [-0.25, -0.2) is 4.98 Å². The van der Waals surface area contributed by atoms with Gasteiger partial charge in [0.25, 0.3) is 0 Å². The smallest absolute Gasteiger partial charge is 0.152 e. The summed E-state index contributed by atoms with van der Waals surface area (Å²) in [6, 6.07) is 15.6. The van der Waals surface area contributed by atoms with Crippen LogP contribution in [0.15, 0.2) is 48.7 Å². The topological polar surface area (TPSA) is 31.4 Å². The third-order valence-electron chi connectivity index (χ3n) is 5.21. The van der Waals surface area contributed by atoms with E-state index in [1.807, 2.05) is 12.3 Å². The van der Waals surface area contributed by atoms with Crippen LogP contribution in [-0.2, 0) is 6.54 Å². The van der Waals surface area contributed by atoms with Crippen molar-refractivity contribution in [2.75, 3.05) is 36.4 Å². The standard InChI is InChI=1S/C22H32N4/c1-3-14-23-21-11-8-15-24-22(21)26(4-2)20-12-16-25(17-13-20)18-19-9-6-5-7-10-19/h5-11,15,20,23H,3-4,12-14,16-18H2,1-2H3. The lowest BCUT2D eigenvalue weighted by atomic mass is 10.0. The summed E-state index contributed by atoms with van der Waals surface area (Å²) in [5.41, 5.74) is 2.58. The van der Waals surface area contributed by atoms with Gasteiger partial charge in [-0.3, -0.25) is 4.90 Å². The van der Waals surface area contributed by atoms with E-state index in [4.69, 9.17) is 4.98 Å². The number of piperidine rings is 1. The molecule has 4 heteroatoms. The van der Waals surface area contributed by atoms with Crippen LogP contribution < -0.4 is 10.2 Å². The van der Waals surface area contributed by atoms with Gasteiger partial charge in [0.15, 0.2) is 5.82 Å². The highest BCUT2D eigenvalue weighted by Gasteiger charge is 2.26. The summed E-state index contributed by atoms with van der Waals surface area (Å²) >= 11 is 0. The fourth-order valence-electron chi connectivity index (χ4n) is 3.84. The fraction of sp³-hybridized carbons (Fsp3) is 0.500. The molecule has 26 heavy (non-hydrogen) atoms. The molecule has 1 aromatic heterocycles. The molecule has 0 unspecified atom stereocenters. The molecule has 2 heterocycles. The summed E-state index contributed by atoms with van der Waals surface area (Å²) in [6.45, 7) is 9.80. The van der Waals surface area contributed by atoms with E-state index in [-0.39, 0.29) is 0 Å². The van der Waals surface area contributed by atoms with E-state index in [1.165, 1.54) is 24.1 Å². The average molecular weight is 353 g/mol. The molecule has 0 saturated carbocycles. The van der Waals surface area contributed by atoms with Gasteiger partial charge in [-0.1, -0.05) is 37.3 Å². The molecule has 1 N–H and O–H groups in total. The maximum atomic E-state index is 4.71.